The van der Waals surface area contributed by atoms with Crippen molar-refractivity contribution in [3.8, 4) is 0 Å². The van der Waals surface area contributed by atoms with Crippen LogP contribution in [0.25, 0.3) is 0 Å². The van der Waals surface area contributed by atoms with E-state index in [9.17, 15) is 10.1 Å². The van der Waals surface area contributed by atoms with E-state index in [0.29, 0.717) is 24.5 Å². The first-order valence-electron chi connectivity index (χ1n) is 5.24. The highest BCUT2D eigenvalue weighted by Gasteiger charge is 2.12. The smallest absolute Gasteiger partial charge is 0.273 e. The number of hydrogen-bond donors (Lipinski definition) is 3. The number of aliphatic hydroxyl groups excluding tert-OH is 1. The SMILES string of the molecule is CCN(CCO)c1cc(NN)cc([N+](=O)[O-])c1. The highest BCUT2D eigenvalue weighted by atomic mass is 16.6. The fourth-order valence-electron chi connectivity index (χ4n) is 1.56. The van der Waals surface area contributed by atoms with E-state index in [4.69, 9.17) is 10.9 Å². The fourth-order valence-corrected chi connectivity index (χ4v) is 1.56. The second-order valence-electron chi connectivity index (χ2n) is 3.44. The van der Waals surface area contributed by atoms with E-state index in [1.54, 1.807) is 6.07 Å². The van der Waals surface area contributed by atoms with Crippen molar-refractivity contribution in [2.75, 3.05) is 30.0 Å². The van der Waals surface area contributed by atoms with E-state index in [1.165, 1.54) is 12.1 Å². The van der Waals surface area contributed by atoms with E-state index >= 15 is 0 Å². The fraction of sp³-hybridized carbons (Fsp3) is 0.400. The van der Waals surface area contributed by atoms with E-state index in [-0.39, 0.29) is 12.3 Å². The number of rotatable bonds is 6. The van der Waals surface area contributed by atoms with Crippen LogP contribution in [-0.2, 0) is 0 Å². The highest BCUT2D eigenvalue weighted by Crippen LogP contribution is 2.26. The number of hydrazine groups is 1. The van der Waals surface area contributed by atoms with Gasteiger partial charge in [0.05, 0.1) is 17.2 Å². The van der Waals surface area contributed by atoms with Crippen LogP contribution in [0.1, 0.15) is 6.92 Å². The Bertz CT molecular complexity index is 397. The van der Waals surface area contributed by atoms with Crippen LogP contribution in [0.15, 0.2) is 18.2 Å². The Labute approximate surface area is 99.0 Å². The molecule has 0 saturated carbocycles. The number of nitrogen functional groups attached to an aromatic ring is 1. The Kier molecular flexibility index (Phi) is 4.68. The summed E-state index contributed by atoms with van der Waals surface area (Å²) in [4.78, 5) is 12.1. The van der Waals surface area contributed by atoms with Crippen molar-refractivity contribution in [3.05, 3.63) is 28.3 Å². The standard InChI is InChI=1S/C10H16N4O3/c1-2-13(3-4-15)9-5-8(12-11)6-10(7-9)14(16)17/h5-7,12,15H,2-4,11H2,1H3. The van der Waals surface area contributed by atoms with Gasteiger partial charge in [-0.25, -0.2) is 0 Å². The number of aliphatic hydroxyl groups is 1. The average Bonchev–Trinajstić information content (AvgIpc) is 2.35. The summed E-state index contributed by atoms with van der Waals surface area (Å²) in [6.45, 7) is 2.96. The van der Waals surface area contributed by atoms with Gasteiger partial charge in [-0.2, -0.15) is 0 Å². The van der Waals surface area contributed by atoms with Crippen LogP contribution < -0.4 is 16.2 Å². The van der Waals surface area contributed by atoms with Gasteiger partial charge < -0.3 is 15.4 Å². The molecule has 7 heteroatoms. The number of benzene rings is 1. The summed E-state index contributed by atoms with van der Waals surface area (Å²) < 4.78 is 0. The minimum atomic E-state index is -0.475. The quantitative estimate of drug-likeness (QED) is 0.384. The Morgan fingerprint density at radius 3 is 2.71 bits per heavy atom. The number of anilines is 2. The Morgan fingerprint density at radius 2 is 2.24 bits per heavy atom. The molecule has 0 atom stereocenters. The molecule has 0 aliphatic heterocycles. The molecule has 4 N–H and O–H groups in total. The zero-order valence-corrected chi connectivity index (χ0v) is 9.59. The molecule has 0 heterocycles. The number of nitro benzene ring substituents is 1. The topological polar surface area (TPSA) is 105 Å². The molecule has 0 unspecified atom stereocenters. The minimum absolute atomic E-state index is 0.0120. The van der Waals surface area contributed by atoms with Gasteiger partial charge in [0.25, 0.3) is 5.69 Å². The van der Waals surface area contributed by atoms with Crippen molar-refractivity contribution in [2.24, 2.45) is 5.84 Å². The van der Waals surface area contributed by atoms with Crippen molar-refractivity contribution in [1.29, 1.82) is 0 Å². The largest absolute Gasteiger partial charge is 0.395 e. The molecule has 1 rings (SSSR count). The van der Waals surface area contributed by atoms with Gasteiger partial charge in [0, 0.05) is 30.9 Å². The molecule has 0 fully saturated rings. The van der Waals surface area contributed by atoms with Crippen molar-refractivity contribution in [2.45, 2.75) is 6.92 Å². The van der Waals surface area contributed by atoms with E-state index in [2.05, 4.69) is 5.43 Å². The normalized spacial score (nSPS) is 10.1. The molecule has 7 nitrogen and oxygen atoms in total. The molecule has 0 spiro atoms. The second-order valence-corrected chi connectivity index (χ2v) is 3.44. The van der Waals surface area contributed by atoms with Crippen LogP contribution in [0.2, 0.25) is 0 Å². The molecule has 0 bridgehead atoms. The predicted octanol–water partition coefficient (Wildman–Crippen LogP) is 0.699. The second kappa shape index (κ2) is 6.02. The zero-order chi connectivity index (χ0) is 12.8. The van der Waals surface area contributed by atoms with Crippen LogP contribution in [-0.4, -0.2) is 29.7 Å². The van der Waals surface area contributed by atoms with Gasteiger partial charge in [0.15, 0.2) is 0 Å². The Balaban J connectivity index is 3.12. The molecular weight excluding hydrogens is 224 g/mol. The van der Waals surface area contributed by atoms with Crippen molar-refractivity contribution in [3.63, 3.8) is 0 Å². The van der Waals surface area contributed by atoms with Gasteiger partial charge in [0.2, 0.25) is 0 Å². The predicted molar refractivity (Wildman–Crippen MR) is 65.9 cm³/mol. The summed E-state index contributed by atoms with van der Waals surface area (Å²) in [6, 6.07) is 4.52. The zero-order valence-electron chi connectivity index (χ0n) is 9.59. The van der Waals surface area contributed by atoms with Crippen LogP contribution in [0.5, 0.6) is 0 Å². The molecule has 0 aliphatic rings. The third kappa shape index (κ3) is 3.30. The molecule has 1 aromatic carbocycles. The van der Waals surface area contributed by atoms with E-state index in [1.807, 2.05) is 11.8 Å². The summed E-state index contributed by atoms with van der Waals surface area (Å²) >= 11 is 0. The van der Waals surface area contributed by atoms with Crippen molar-refractivity contribution >= 4 is 17.1 Å². The number of likely N-dealkylation sites (N-methyl/N-ethyl adjacent to an activating group) is 1. The molecule has 0 saturated heterocycles. The number of non-ortho nitro benzene ring substituents is 1. The number of nitrogens with one attached hydrogen (secondary N) is 1. The molecule has 17 heavy (non-hydrogen) atoms. The van der Waals surface area contributed by atoms with Gasteiger partial charge in [-0.15, -0.1) is 0 Å². The average molecular weight is 240 g/mol. The summed E-state index contributed by atoms with van der Waals surface area (Å²) in [5, 5.41) is 19.7. The lowest BCUT2D eigenvalue weighted by Gasteiger charge is -2.22. The van der Waals surface area contributed by atoms with E-state index in [0.717, 1.165) is 0 Å². The number of nitrogens with two attached hydrogens (primary N) is 1. The minimum Gasteiger partial charge on any atom is -0.395 e. The van der Waals surface area contributed by atoms with Crippen LogP contribution in [0.4, 0.5) is 17.1 Å². The van der Waals surface area contributed by atoms with Crippen LogP contribution in [0.3, 0.4) is 0 Å². The van der Waals surface area contributed by atoms with Crippen LogP contribution >= 0.6 is 0 Å². The molecule has 0 aliphatic carbocycles. The Morgan fingerprint density at radius 1 is 1.53 bits per heavy atom. The Hall–Kier alpha value is -1.86. The first-order chi connectivity index (χ1) is 8.12. The first-order valence-corrected chi connectivity index (χ1v) is 5.24. The molecule has 94 valence electrons. The maximum absolute atomic E-state index is 10.8. The molecule has 0 amide bonds. The maximum Gasteiger partial charge on any atom is 0.273 e. The van der Waals surface area contributed by atoms with Crippen molar-refractivity contribution in [1.82, 2.24) is 0 Å². The van der Waals surface area contributed by atoms with E-state index < -0.39 is 4.92 Å². The summed E-state index contributed by atoms with van der Waals surface area (Å²) in [6.07, 6.45) is 0. The van der Waals surface area contributed by atoms with Gasteiger partial charge in [-0.05, 0) is 13.0 Å². The van der Waals surface area contributed by atoms with Gasteiger partial charge in [-0.3, -0.25) is 16.0 Å². The molecule has 0 radical (unpaired) electrons. The van der Waals surface area contributed by atoms with Gasteiger partial charge >= 0.3 is 0 Å². The molecule has 0 aromatic heterocycles. The summed E-state index contributed by atoms with van der Waals surface area (Å²) in [5.74, 6) is 5.26. The monoisotopic (exact) mass is 240 g/mol. The van der Waals surface area contributed by atoms with Crippen LogP contribution in [0, 0.1) is 10.1 Å². The maximum atomic E-state index is 10.8. The molecule has 1 aromatic rings. The number of nitro groups is 1. The summed E-state index contributed by atoms with van der Waals surface area (Å²) in [7, 11) is 0. The number of hydrogen-bond acceptors (Lipinski definition) is 6. The lowest BCUT2D eigenvalue weighted by atomic mass is 10.2. The third-order valence-electron chi connectivity index (χ3n) is 2.40. The van der Waals surface area contributed by atoms with Crippen molar-refractivity contribution < 1.29 is 10.0 Å². The third-order valence-corrected chi connectivity index (χ3v) is 2.40. The summed E-state index contributed by atoms with van der Waals surface area (Å²) in [5.41, 5.74) is 3.47. The lowest BCUT2D eigenvalue weighted by Crippen LogP contribution is -2.26. The molecular formula is C10H16N4O3. The van der Waals surface area contributed by atoms with Gasteiger partial charge in [0.1, 0.15) is 0 Å². The lowest BCUT2D eigenvalue weighted by molar-refractivity contribution is -0.384. The number of nitrogens with zero attached hydrogens (tertiary/aromatic N) is 2. The first kappa shape index (κ1) is 13.2. The highest BCUT2D eigenvalue weighted by molar-refractivity contribution is 5.64. The van der Waals surface area contributed by atoms with Gasteiger partial charge in [-0.1, -0.05) is 0 Å².